The lowest BCUT2D eigenvalue weighted by atomic mass is 9.90. The molecule has 0 fully saturated rings. The van der Waals surface area contributed by atoms with Gasteiger partial charge in [-0.3, -0.25) is 9.45 Å². The molecule has 35 heavy (non-hydrogen) atoms. The molecule has 1 aromatic carbocycles. The monoisotopic (exact) mass is 501 g/mol. The molecule has 186 valence electrons. The molecule has 0 unspecified atom stereocenters. The number of hydrogen-bond donors (Lipinski definition) is 2. The Bertz CT molecular complexity index is 1340. The standard InChI is InChI=1S/C24H28FN5O4S/c1-4-5-19(16-11-13-26-22(14-16)35(32,33)34)28-23(31)29-21-15-27-30(18-8-6-17(25)7-9-18)20(21)10-12-24(29,2)3/h6-9,11,13-15,19H,4-5,10,12H2,1-3H3,(H,28,31)(H,32,33,34)/t19-/m0/s1. The molecular formula is C24H28FN5O4S. The lowest BCUT2D eigenvalue weighted by Crippen LogP contribution is -2.55. The summed E-state index contributed by atoms with van der Waals surface area (Å²) in [5, 5.41) is 7.04. The zero-order chi connectivity index (χ0) is 25.4. The van der Waals surface area contributed by atoms with Crippen LogP contribution in [0.4, 0.5) is 14.9 Å². The van der Waals surface area contributed by atoms with Crippen molar-refractivity contribution in [1.29, 1.82) is 0 Å². The second-order valence-corrected chi connectivity index (χ2v) is 10.6. The molecule has 0 spiro atoms. The molecule has 0 bridgehead atoms. The van der Waals surface area contributed by atoms with Crippen LogP contribution in [0.2, 0.25) is 0 Å². The number of urea groups is 1. The van der Waals surface area contributed by atoms with Crippen molar-refractivity contribution in [2.45, 2.75) is 63.1 Å². The van der Waals surface area contributed by atoms with Gasteiger partial charge < -0.3 is 5.32 Å². The van der Waals surface area contributed by atoms with Crippen LogP contribution >= 0.6 is 0 Å². The Morgan fingerprint density at radius 2 is 1.97 bits per heavy atom. The number of carbonyl (C=O) groups excluding carboxylic acids is 1. The van der Waals surface area contributed by atoms with Gasteiger partial charge in [-0.1, -0.05) is 13.3 Å². The van der Waals surface area contributed by atoms with Gasteiger partial charge in [0, 0.05) is 11.7 Å². The molecule has 2 N–H and O–H groups in total. The number of rotatable bonds is 6. The highest BCUT2D eigenvalue weighted by Crippen LogP contribution is 2.38. The normalized spacial score (nSPS) is 16.0. The number of fused-ring (bicyclic) bond motifs is 1. The van der Waals surface area contributed by atoms with Gasteiger partial charge in [0.2, 0.25) is 0 Å². The fraction of sp³-hybridized carbons (Fsp3) is 0.375. The molecule has 0 saturated heterocycles. The minimum absolute atomic E-state index is 0.341. The Hall–Kier alpha value is -3.31. The van der Waals surface area contributed by atoms with Crippen LogP contribution in [0.15, 0.2) is 53.8 Å². The van der Waals surface area contributed by atoms with Crippen LogP contribution in [0.3, 0.4) is 0 Å². The Balaban J connectivity index is 1.67. The summed E-state index contributed by atoms with van der Waals surface area (Å²) in [5.41, 5.74) is 2.22. The lowest BCUT2D eigenvalue weighted by Gasteiger charge is -2.42. The third-order valence-electron chi connectivity index (χ3n) is 6.24. The summed E-state index contributed by atoms with van der Waals surface area (Å²) in [6.07, 6.45) is 5.58. The van der Waals surface area contributed by atoms with Crippen LogP contribution < -0.4 is 10.2 Å². The molecule has 9 nitrogen and oxygen atoms in total. The van der Waals surface area contributed by atoms with Crippen molar-refractivity contribution >= 4 is 21.8 Å². The van der Waals surface area contributed by atoms with E-state index in [0.29, 0.717) is 36.2 Å². The summed E-state index contributed by atoms with van der Waals surface area (Å²) >= 11 is 0. The van der Waals surface area contributed by atoms with Crippen molar-refractivity contribution < 1.29 is 22.2 Å². The van der Waals surface area contributed by atoms with E-state index in [2.05, 4.69) is 15.4 Å². The number of hydrogen-bond acceptors (Lipinski definition) is 5. The van der Waals surface area contributed by atoms with Crippen LogP contribution in [0.5, 0.6) is 0 Å². The van der Waals surface area contributed by atoms with Gasteiger partial charge in [-0.25, -0.2) is 18.9 Å². The summed E-state index contributed by atoms with van der Waals surface area (Å²) in [4.78, 5) is 19.0. The highest BCUT2D eigenvalue weighted by Gasteiger charge is 2.40. The topological polar surface area (TPSA) is 117 Å². The fourth-order valence-electron chi connectivity index (χ4n) is 4.44. The van der Waals surface area contributed by atoms with Crippen molar-refractivity contribution in [3.63, 3.8) is 0 Å². The minimum atomic E-state index is -4.48. The Labute approximate surface area is 203 Å². The molecule has 0 aliphatic carbocycles. The molecule has 1 atom stereocenters. The average Bonchev–Trinajstić information content (AvgIpc) is 3.21. The fourth-order valence-corrected chi connectivity index (χ4v) is 4.92. The van der Waals surface area contributed by atoms with E-state index in [-0.39, 0.29) is 11.8 Å². The molecule has 1 aliphatic rings. The molecule has 2 amide bonds. The molecule has 3 heterocycles. The van der Waals surface area contributed by atoms with Gasteiger partial charge in [-0.2, -0.15) is 13.5 Å². The summed E-state index contributed by atoms with van der Waals surface area (Å²) in [6, 6.07) is 8.06. The Morgan fingerprint density at radius 3 is 2.63 bits per heavy atom. The highest BCUT2D eigenvalue weighted by molar-refractivity contribution is 7.85. The first-order valence-corrected chi connectivity index (χ1v) is 12.8. The largest absolute Gasteiger partial charge is 0.331 e. The van der Waals surface area contributed by atoms with Crippen molar-refractivity contribution in [2.75, 3.05) is 4.90 Å². The Kier molecular flexibility index (Phi) is 6.65. The van der Waals surface area contributed by atoms with Gasteiger partial charge in [0.1, 0.15) is 5.82 Å². The van der Waals surface area contributed by atoms with Gasteiger partial charge in [0.05, 0.1) is 29.3 Å². The van der Waals surface area contributed by atoms with Gasteiger partial charge in [-0.05, 0) is 75.1 Å². The van der Waals surface area contributed by atoms with Crippen LogP contribution in [0.25, 0.3) is 5.69 Å². The number of halogens is 1. The first-order valence-electron chi connectivity index (χ1n) is 11.4. The number of aromatic nitrogens is 3. The molecule has 3 aromatic rings. The van der Waals surface area contributed by atoms with Crippen LogP contribution in [-0.2, 0) is 16.5 Å². The molecule has 1 aliphatic heterocycles. The van der Waals surface area contributed by atoms with E-state index in [1.54, 1.807) is 34.0 Å². The van der Waals surface area contributed by atoms with Gasteiger partial charge in [0.25, 0.3) is 0 Å². The van der Waals surface area contributed by atoms with Crippen molar-refractivity contribution in [3.05, 3.63) is 65.9 Å². The molecule has 0 saturated carbocycles. The van der Waals surface area contributed by atoms with E-state index >= 15 is 0 Å². The number of nitrogens with zero attached hydrogens (tertiary/aromatic N) is 4. The number of pyridine rings is 1. The zero-order valence-corrected chi connectivity index (χ0v) is 20.6. The van der Waals surface area contributed by atoms with Gasteiger partial charge in [-0.15, -0.1) is 0 Å². The average molecular weight is 502 g/mol. The third kappa shape index (κ3) is 5.06. The summed E-state index contributed by atoms with van der Waals surface area (Å²) in [7, 11) is -4.48. The van der Waals surface area contributed by atoms with E-state index in [4.69, 9.17) is 0 Å². The molecule has 4 rings (SSSR count). The molecule has 0 radical (unpaired) electrons. The number of benzene rings is 1. The quantitative estimate of drug-likeness (QED) is 0.483. The third-order valence-corrected chi connectivity index (χ3v) is 6.99. The maximum absolute atomic E-state index is 13.7. The number of carbonyl (C=O) groups is 1. The number of anilines is 1. The first-order chi connectivity index (χ1) is 16.5. The SMILES string of the molecule is CCC[C@H](NC(=O)N1c2cnn(-c3ccc(F)cc3)c2CCC1(C)C)c1ccnc(S(=O)(=O)O)c1. The van der Waals surface area contributed by atoms with Crippen LogP contribution in [-0.4, -0.2) is 39.3 Å². The zero-order valence-electron chi connectivity index (χ0n) is 19.8. The van der Waals surface area contributed by atoms with Crippen molar-refractivity contribution in [2.24, 2.45) is 0 Å². The van der Waals surface area contributed by atoms with E-state index in [1.807, 2.05) is 20.8 Å². The van der Waals surface area contributed by atoms with Crippen LogP contribution in [0.1, 0.15) is 57.3 Å². The smallest absolute Gasteiger partial charge is 0.322 e. The predicted octanol–water partition coefficient (Wildman–Crippen LogP) is 4.44. The van der Waals surface area contributed by atoms with E-state index in [9.17, 15) is 22.2 Å². The van der Waals surface area contributed by atoms with Crippen LogP contribution in [0, 0.1) is 5.82 Å². The second kappa shape index (κ2) is 9.38. The van der Waals surface area contributed by atoms with Gasteiger partial charge in [0.15, 0.2) is 5.03 Å². The number of nitrogens with one attached hydrogen (secondary N) is 1. The first kappa shape index (κ1) is 24.8. The van der Waals surface area contributed by atoms with E-state index in [0.717, 1.165) is 12.1 Å². The predicted molar refractivity (Wildman–Crippen MR) is 129 cm³/mol. The Morgan fingerprint density at radius 1 is 1.26 bits per heavy atom. The van der Waals surface area contributed by atoms with Crippen molar-refractivity contribution in [1.82, 2.24) is 20.1 Å². The second-order valence-electron chi connectivity index (χ2n) is 9.21. The summed E-state index contributed by atoms with van der Waals surface area (Å²) in [6.45, 7) is 5.91. The maximum Gasteiger partial charge on any atom is 0.322 e. The van der Waals surface area contributed by atoms with Crippen molar-refractivity contribution in [3.8, 4) is 5.69 Å². The van der Waals surface area contributed by atoms with E-state index in [1.165, 1.54) is 24.4 Å². The number of amides is 2. The molecular weight excluding hydrogens is 473 g/mol. The minimum Gasteiger partial charge on any atom is -0.331 e. The maximum atomic E-state index is 13.7. The molecule has 11 heteroatoms. The van der Waals surface area contributed by atoms with E-state index < -0.39 is 26.7 Å². The van der Waals surface area contributed by atoms with Gasteiger partial charge >= 0.3 is 16.1 Å². The summed E-state index contributed by atoms with van der Waals surface area (Å²) < 4.78 is 47.6. The lowest BCUT2D eigenvalue weighted by molar-refractivity contribution is 0.233. The highest BCUT2D eigenvalue weighted by atomic mass is 32.2. The molecule has 2 aromatic heterocycles. The summed E-state index contributed by atoms with van der Waals surface area (Å²) in [5.74, 6) is -0.341.